The lowest BCUT2D eigenvalue weighted by Gasteiger charge is -2.18. The molecule has 1 unspecified atom stereocenters. The molecule has 2 aromatic carbocycles. The van der Waals surface area contributed by atoms with Crippen molar-refractivity contribution in [1.82, 2.24) is 0 Å². The van der Waals surface area contributed by atoms with Crippen LogP contribution in [0.4, 0.5) is 10.1 Å². The SMILES string of the molecule is COc1ccc(C(C)Nc2ccc(F)cc2Br)cc1Br. The molecule has 0 aliphatic rings. The molecule has 0 aliphatic heterocycles. The van der Waals surface area contributed by atoms with E-state index >= 15 is 0 Å². The number of methoxy groups -OCH3 is 1. The molecule has 0 spiro atoms. The minimum absolute atomic E-state index is 0.0824. The van der Waals surface area contributed by atoms with Crippen molar-refractivity contribution in [2.24, 2.45) is 0 Å². The molecule has 20 heavy (non-hydrogen) atoms. The number of benzene rings is 2. The average Bonchev–Trinajstić information content (AvgIpc) is 2.41. The molecule has 106 valence electrons. The van der Waals surface area contributed by atoms with E-state index in [2.05, 4.69) is 37.2 Å². The summed E-state index contributed by atoms with van der Waals surface area (Å²) >= 11 is 6.83. The zero-order valence-corrected chi connectivity index (χ0v) is 14.3. The van der Waals surface area contributed by atoms with Crippen molar-refractivity contribution < 1.29 is 9.13 Å². The summed E-state index contributed by atoms with van der Waals surface area (Å²) in [6.07, 6.45) is 0. The summed E-state index contributed by atoms with van der Waals surface area (Å²) in [7, 11) is 1.64. The van der Waals surface area contributed by atoms with Gasteiger partial charge in [-0.25, -0.2) is 4.39 Å². The molecule has 0 fully saturated rings. The predicted molar refractivity (Wildman–Crippen MR) is 86.8 cm³/mol. The summed E-state index contributed by atoms with van der Waals surface area (Å²) < 4.78 is 19.9. The molecule has 2 aromatic rings. The smallest absolute Gasteiger partial charge is 0.133 e. The fourth-order valence-electron chi connectivity index (χ4n) is 1.88. The fourth-order valence-corrected chi connectivity index (χ4v) is 2.90. The van der Waals surface area contributed by atoms with Gasteiger partial charge in [-0.2, -0.15) is 0 Å². The molecule has 0 saturated carbocycles. The van der Waals surface area contributed by atoms with E-state index in [9.17, 15) is 4.39 Å². The number of halogens is 3. The molecule has 0 bridgehead atoms. The Morgan fingerprint density at radius 1 is 1.10 bits per heavy atom. The first-order valence-electron chi connectivity index (χ1n) is 6.06. The van der Waals surface area contributed by atoms with Crippen molar-refractivity contribution in [3.05, 3.63) is 56.7 Å². The lowest BCUT2D eigenvalue weighted by Crippen LogP contribution is -2.07. The Morgan fingerprint density at radius 2 is 1.85 bits per heavy atom. The summed E-state index contributed by atoms with van der Waals surface area (Å²) in [6, 6.07) is 10.6. The molecule has 0 radical (unpaired) electrons. The number of hydrogen-bond donors (Lipinski definition) is 1. The Balaban J connectivity index is 2.19. The maximum atomic E-state index is 13.1. The van der Waals surface area contributed by atoms with Gasteiger partial charge in [-0.05, 0) is 74.7 Å². The van der Waals surface area contributed by atoms with E-state index in [1.807, 2.05) is 25.1 Å². The molecule has 0 amide bonds. The van der Waals surface area contributed by atoms with Crippen LogP contribution in [0.1, 0.15) is 18.5 Å². The molecule has 0 saturated heterocycles. The predicted octanol–water partition coefficient (Wildman–Crippen LogP) is 5.53. The van der Waals surface area contributed by atoms with Crippen molar-refractivity contribution in [3.63, 3.8) is 0 Å². The molecule has 0 aliphatic carbocycles. The summed E-state index contributed by atoms with van der Waals surface area (Å²) in [5.41, 5.74) is 1.96. The summed E-state index contributed by atoms with van der Waals surface area (Å²) in [4.78, 5) is 0. The van der Waals surface area contributed by atoms with Gasteiger partial charge in [-0.15, -0.1) is 0 Å². The minimum atomic E-state index is -0.262. The number of hydrogen-bond acceptors (Lipinski definition) is 2. The van der Waals surface area contributed by atoms with Gasteiger partial charge in [0.05, 0.1) is 11.6 Å². The van der Waals surface area contributed by atoms with Crippen molar-refractivity contribution in [2.45, 2.75) is 13.0 Å². The molecule has 1 N–H and O–H groups in total. The molecule has 5 heteroatoms. The largest absolute Gasteiger partial charge is 0.496 e. The third kappa shape index (κ3) is 3.52. The first kappa shape index (κ1) is 15.3. The molecular formula is C15H14Br2FNO. The summed E-state index contributed by atoms with van der Waals surface area (Å²) in [5, 5.41) is 3.34. The summed E-state index contributed by atoms with van der Waals surface area (Å²) in [6.45, 7) is 2.05. The quantitative estimate of drug-likeness (QED) is 0.725. The highest BCUT2D eigenvalue weighted by Crippen LogP contribution is 2.31. The van der Waals surface area contributed by atoms with E-state index < -0.39 is 0 Å². The van der Waals surface area contributed by atoms with Crippen LogP contribution in [0.3, 0.4) is 0 Å². The first-order chi connectivity index (χ1) is 9.51. The van der Waals surface area contributed by atoms with Gasteiger partial charge < -0.3 is 10.1 Å². The third-order valence-corrected chi connectivity index (χ3v) is 4.25. The van der Waals surface area contributed by atoms with E-state index in [0.717, 1.165) is 21.5 Å². The minimum Gasteiger partial charge on any atom is -0.496 e. The van der Waals surface area contributed by atoms with Crippen LogP contribution < -0.4 is 10.1 Å². The number of rotatable bonds is 4. The second-order valence-electron chi connectivity index (χ2n) is 4.38. The summed E-state index contributed by atoms with van der Waals surface area (Å²) in [5.74, 6) is 0.534. The topological polar surface area (TPSA) is 21.3 Å². The first-order valence-corrected chi connectivity index (χ1v) is 7.65. The maximum absolute atomic E-state index is 13.1. The van der Waals surface area contributed by atoms with Gasteiger partial charge in [0, 0.05) is 16.2 Å². The number of nitrogens with one attached hydrogen (secondary N) is 1. The van der Waals surface area contributed by atoms with Gasteiger partial charge in [0.1, 0.15) is 11.6 Å². The van der Waals surface area contributed by atoms with Gasteiger partial charge in [0.15, 0.2) is 0 Å². The second-order valence-corrected chi connectivity index (χ2v) is 6.09. The number of ether oxygens (including phenoxy) is 1. The van der Waals surface area contributed by atoms with E-state index in [-0.39, 0.29) is 11.9 Å². The zero-order chi connectivity index (χ0) is 14.7. The van der Waals surface area contributed by atoms with Crippen LogP contribution in [0.5, 0.6) is 5.75 Å². The zero-order valence-electron chi connectivity index (χ0n) is 11.1. The molecule has 2 nitrogen and oxygen atoms in total. The normalized spacial score (nSPS) is 12.1. The van der Waals surface area contributed by atoms with E-state index in [4.69, 9.17) is 4.74 Å². The highest BCUT2D eigenvalue weighted by Gasteiger charge is 2.10. The van der Waals surface area contributed by atoms with Gasteiger partial charge in [0.2, 0.25) is 0 Å². The van der Waals surface area contributed by atoms with Crippen LogP contribution in [0.2, 0.25) is 0 Å². The fraction of sp³-hybridized carbons (Fsp3) is 0.200. The Bertz CT molecular complexity index is 619. The maximum Gasteiger partial charge on any atom is 0.133 e. The highest BCUT2D eigenvalue weighted by atomic mass is 79.9. The van der Waals surface area contributed by atoms with E-state index in [0.29, 0.717) is 4.47 Å². The van der Waals surface area contributed by atoms with Gasteiger partial charge in [-0.3, -0.25) is 0 Å². The van der Waals surface area contributed by atoms with Crippen molar-refractivity contribution in [2.75, 3.05) is 12.4 Å². The van der Waals surface area contributed by atoms with Crippen LogP contribution >= 0.6 is 31.9 Å². The molecular weight excluding hydrogens is 389 g/mol. The highest BCUT2D eigenvalue weighted by molar-refractivity contribution is 9.11. The van der Waals surface area contributed by atoms with E-state index in [1.165, 1.54) is 12.1 Å². The van der Waals surface area contributed by atoms with Crippen molar-refractivity contribution in [1.29, 1.82) is 0 Å². The standard InChI is InChI=1S/C15H14Br2FNO/c1-9(10-3-6-15(20-2)13(17)7-10)19-14-5-4-11(18)8-12(14)16/h3-9,19H,1-2H3. The molecule has 1 atom stereocenters. The van der Waals surface area contributed by atoms with Crippen LogP contribution in [0, 0.1) is 5.82 Å². The second kappa shape index (κ2) is 6.59. The Kier molecular flexibility index (Phi) is 5.05. The Labute approximate surface area is 134 Å². The molecule has 2 rings (SSSR count). The van der Waals surface area contributed by atoms with E-state index in [1.54, 1.807) is 13.2 Å². The van der Waals surface area contributed by atoms with Crippen molar-refractivity contribution in [3.8, 4) is 5.75 Å². The van der Waals surface area contributed by atoms with Crippen molar-refractivity contribution >= 4 is 37.5 Å². The van der Waals surface area contributed by atoms with Crippen LogP contribution in [-0.4, -0.2) is 7.11 Å². The van der Waals surface area contributed by atoms with Gasteiger partial charge in [0.25, 0.3) is 0 Å². The molecule has 0 aromatic heterocycles. The number of anilines is 1. The monoisotopic (exact) mass is 401 g/mol. The van der Waals surface area contributed by atoms with Gasteiger partial charge >= 0.3 is 0 Å². The van der Waals surface area contributed by atoms with Crippen LogP contribution in [0.15, 0.2) is 45.3 Å². The Morgan fingerprint density at radius 3 is 2.45 bits per heavy atom. The lowest BCUT2D eigenvalue weighted by atomic mass is 10.1. The van der Waals surface area contributed by atoms with Crippen LogP contribution in [0.25, 0.3) is 0 Å². The molecule has 0 heterocycles. The van der Waals surface area contributed by atoms with Crippen LogP contribution in [-0.2, 0) is 0 Å². The Hall–Kier alpha value is -1.07. The average molecular weight is 403 g/mol. The third-order valence-electron chi connectivity index (χ3n) is 2.98. The lowest BCUT2D eigenvalue weighted by molar-refractivity contribution is 0.412. The van der Waals surface area contributed by atoms with Gasteiger partial charge in [-0.1, -0.05) is 6.07 Å².